The first kappa shape index (κ1) is 25.0. The quantitative estimate of drug-likeness (QED) is 0.339. The maximum Gasteiger partial charge on any atom is 0.239 e. The smallest absolute Gasteiger partial charge is 0.239 e. The summed E-state index contributed by atoms with van der Waals surface area (Å²) in [6, 6.07) is 15.9. The zero-order chi connectivity index (χ0) is 25.5. The van der Waals surface area contributed by atoms with Crippen molar-refractivity contribution in [3.63, 3.8) is 0 Å². The standard InChI is InChI=1S/C28H33N5O3/c1-5-32(6-2)28-27-26(30-19-31-28)22(21-10-8-7-9-11-21)17-33(27)18-25(34)29-15-14-20-12-13-23(35-3)24(16-20)36-4/h7-13,16-17,19H,5-6,14-15,18H2,1-4H3,(H,29,34). The van der Waals surface area contributed by atoms with Crippen molar-refractivity contribution >= 4 is 22.8 Å². The molecular formula is C28H33N5O3. The van der Waals surface area contributed by atoms with Crippen LogP contribution in [0.4, 0.5) is 5.82 Å². The van der Waals surface area contributed by atoms with Gasteiger partial charge in [0.1, 0.15) is 23.9 Å². The summed E-state index contributed by atoms with van der Waals surface area (Å²) in [5, 5.41) is 3.05. The normalized spacial score (nSPS) is 10.9. The number of hydrogen-bond donors (Lipinski definition) is 1. The first-order chi connectivity index (χ1) is 17.6. The average Bonchev–Trinajstić information content (AvgIpc) is 3.28. The molecule has 0 radical (unpaired) electrons. The first-order valence-electron chi connectivity index (χ1n) is 12.2. The molecule has 0 saturated carbocycles. The van der Waals surface area contributed by atoms with Crippen LogP contribution in [0.3, 0.4) is 0 Å². The van der Waals surface area contributed by atoms with Gasteiger partial charge in [-0.15, -0.1) is 0 Å². The Bertz CT molecular complexity index is 1320. The lowest BCUT2D eigenvalue weighted by Gasteiger charge is -2.21. The lowest BCUT2D eigenvalue weighted by Crippen LogP contribution is -2.30. The molecule has 4 aromatic rings. The van der Waals surface area contributed by atoms with Gasteiger partial charge in [0.2, 0.25) is 5.91 Å². The molecule has 0 aliphatic carbocycles. The van der Waals surface area contributed by atoms with Gasteiger partial charge < -0.3 is 24.3 Å². The van der Waals surface area contributed by atoms with E-state index in [4.69, 9.17) is 9.47 Å². The summed E-state index contributed by atoms with van der Waals surface area (Å²) in [4.78, 5) is 24.4. The molecule has 0 fully saturated rings. The number of amides is 1. The zero-order valence-corrected chi connectivity index (χ0v) is 21.3. The molecule has 0 atom stereocenters. The van der Waals surface area contributed by atoms with Crippen molar-refractivity contribution in [3.8, 4) is 22.6 Å². The molecule has 0 aliphatic heterocycles. The highest BCUT2D eigenvalue weighted by atomic mass is 16.5. The summed E-state index contributed by atoms with van der Waals surface area (Å²) < 4.78 is 12.7. The minimum absolute atomic E-state index is 0.0682. The number of carbonyl (C=O) groups is 1. The number of anilines is 1. The SMILES string of the molecule is CCN(CC)c1ncnc2c(-c3ccccc3)cn(CC(=O)NCCc3ccc(OC)c(OC)c3)c12. The largest absolute Gasteiger partial charge is 0.493 e. The Morgan fingerprint density at radius 3 is 2.44 bits per heavy atom. The number of ether oxygens (including phenoxy) is 2. The van der Waals surface area contributed by atoms with Crippen molar-refractivity contribution < 1.29 is 14.3 Å². The number of nitrogens with zero attached hydrogens (tertiary/aromatic N) is 4. The molecule has 2 aromatic heterocycles. The highest BCUT2D eigenvalue weighted by Gasteiger charge is 2.20. The molecular weight excluding hydrogens is 454 g/mol. The Morgan fingerprint density at radius 2 is 1.75 bits per heavy atom. The fraction of sp³-hybridized carbons (Fsp3) is 0.321. The Hall–Kier alpha value is -4.07. The third-order valence-electron chi connectivity index (χ3n) is 6.28. The minimum atomic E-state index is -0.0682. The van der Waals surface area contributed by atoms with Crippen LogP contribution in [0.25, 0.3) is 22.2 Å². The van der Waals surface area contributed by atoms with E-state index in [1.54, 1.807) is 20.5 Å². The summed E-state index contributed by atoms with van der Waals surface area (Å²) in [6.07, 6.45) is 4.30. The molecule has 8 heteroatoms. The van der Waals surface area contributed by atoms with Gasteiger partial charge >= 0.3 is 0 Å². The molecule has 0 saturated heterocycles. The molecule has 0 aliphatic rings. The van der Waals surface area contributed by atoms with Gasteiger partial charge in [0.05, 0.1) is 14.2 Å². The number of aromatic nitrogens is 3. The van der Waals surface area contributed by atoms with Crippen LogP contribution in [0.2, 0.25) is 0 Å². The summed E-state index contributed by atoms with van der Waals surface area (Å²) in [7, 11) is 3.23. The maximum atomic E-state index is 13.0. The van der Waals surface area contributed by atoms with E-state index < -0.39 is 0 Å². The molecule has 0 unspecified atom stereocenters. The molecule has 4 rings (SSSR count). The molecule has 2 aromatic carbocycles. The van der Waals surface area contributed by atoms with E-state index in [0.717, 1.165) is 46.6 Å². The summed E-state index contributed by atoms with van der Waals surface area (Å²) in [6.45, 7) is 6.51. The van der Waals surface area contributed by atoms with E-state index in [2.05, 4.69) is 46.2 Å². The predicted octanol–water partition coefficient (Wildman–Crippen LogP) is 4.32. The van der Waals surface area contributed by atoms with E-state index in [-0.39, 0.29) is 12.5 Å². The van der Waals surface area contributed by atoms with E-state index in [0.29, 0.717) is 24.5 Å². The monoisotopic (exact) mass is 487 g/mol. The Labute approximate surface area is 211 Å². The number of methoxy groups -OCH3 is 2. The van der Waals surface area contributed by atoms with Crippen LogP contribution in [0.5, 0.6) is 11.5 Å². The van der Waals surface area contributed by atoms with Crippen LogP contribution >= 0.6 is 0 Å². The van der Waals surface area contributed by atoms with Crippen molar-refractivity contribution in [1.82, 2.24) is 19.9 Å². The van der Waals surface area contributed by atoms with Crippen molar-refractivity contribution in [2.24, 2.45) is 0 Å². The summed E-state index contributed by atoms with van der Waals surface area (Å²) >= 11 is 0. The minimum Gasteiger partial charge on any atom is -0.493 e. The molecule has 188 valence electrons. The van der Waals surface area contributed by atoms with Gasteiger partial charge in [-0.2, -0.15) is 0 Å². The second-order valence-corrected chi connectivity index (χ2v) is 8.39. The van der Waals surface area contributed by atoms with Crippen molar-refractivity contribution in [2.45, 2.75) is 26.8 Å². The second-order valence-electron chi connectivity index (χ2n) is 8.39. The van der Waals surface area contributed by atoms with Crippen LogP contribution in [0.1, 0.15) is 19.4 Å². The van der Waals surface area contributed by atoms with Crippen LogP contribution in [0.15, 0.2) is 61.1 Å². The Kier molecular flexibility index (Phi) is 8.05. The van der Waals surface area contributed by atoms with Crippen molar-refractivity contribution in [2.75, 3.05) is 38.8 Å². The van der Waals surface area contributed by atoms with Gasteiger partial charge in [-0.05, 0) is 43.5 Å². The van der Waals surface area contributed by atoms with E-state index in [1.165, 1.54) is 0 Å². The van der Waals surface area contributed by atoms with Gasteiger partial charge in [-0.25, -0.2) is 9.97 Å². The molecule has 0 bridgehead atoms. The van der Waals surface area contributed by atoms with Gasteiger partial charge in [0.25, 0.3) is 0 Å². The summed E-state index contributed by atoms with van der Waals surface area (Å²) in [5.74, 6) is 2.13. The summed E-state index contributed by atoms with van der Waals surface area (Å²) in [5.41, 5.74) is 4.81. The van der Waals surface area contributed by atoms with Crippen LogP contribution in [-0.4, -0.2) is 54.3 Å². The maximum absolute atomic E-state index is 13.0. The molecule has 36 heavy (non-hydrogen) atoms. The molecule has 1 N–H and O–H groups in total. The lowest BCUT2D eigenvalue weighted by molar-refractivity contribution is -0.121. The third kappa shape index (κ3) is 5.27. The fourth-order valence-electron chi connectivity index (χ4n) is 4.41. The van der Waals surface area contributed by atoms with Crippen molar-refractivity contribution in [3.05, 3.63) is 66.6 Å². The predicted molar refractivity (Wildman–Crippen MR) is 143 cm³/mol. The van der Waals surface area contributed by atoms with Gasteiger partial charge in [0, 0.05) is 31.4 Å². The van der Waals surface area contributed by atoms with Gasteiger partial charge in [-0.3, -0.25) is 4.79 Å². The highest BCUT2D eigenvalue weighted by Crippen LogP contribution is 2.33. The number of benzene rings is 2. The highest BCUT2D eigenvalue weighted by molar-refractivity contribution is 5.99. The van der Waals surface area contributed by atoms with Gasteiger partial charge in [-0.1, -0.05) is 36.4 Å². The van der Waals surface area contributed by atoms with Crippen LogP contribution < -0.4 is 19.7 Å². The van der Waals surface area contributed by atoms with E-state index >= 15 is 0 Å². The van der Waals surface area contributed by atoms with E-state index in [9.17, 15) is 4.79 Å². The number of nitrogens with one attached hydrogen (secondary N) is 1. The topological polar surface area (TPSA) is 81.5 Å². The lowest BCUT2D eigenvalue weighted by atomic mass is 10.1. The molecule has 0 spiro atoms. The Morgan fingerprint density at radius 1 is 1.00 bits per heavy atom. The van der Waals surface area contributed by atoms with E-state index in [1.807, 2.05) is 47.2 Å². The van der Waals surface area contributed by atoms with Crippen LogP contribution in [0, 0.1) is 0 Å². The molecule has 1 amide bonds. The molecule has 2 heterocycles. The van der Waals surface area contributed by atoms with Gasteiger partial charge in [0.15, 0.2) is 17.3 Å². The van der Waals surface area contributed by atoms with Crippen molar-refractivity contribution in [1.29, 1.82) is 0 Å². The fourth-order valence-corrected chi connectivity index (χ4v) is 4.41. The Balaban J connectivity index is 1.57. The second kappa shape index (κ2) is 11.6. The third-order valence-corrected chi connectivity index (χ3v) is 6.28. The first-order valence-corrected chi connectivity index (χ1v) is 12.2. The zero-order valence-electron chi connectivity index (χ0n) is 21.3. The average molecular weight is 488 g/mol. The number of hydrogen-bond acceptors (Lipinski definition) is 6. The number of fused-ring (bicyclic) bond motifs is 1. The molecule has 8 nitrogen and oxygen atoms in total. The number of carbonyl (C=O) groups excluding carboxylic acids is 1. The van der Waals surface area contributed by atoms with Crippen LogP contribution in [-0.2, 0) is 17.8 Å². The number of rotatable bonds is 11.